The predicted octanol–water partition coefficient (Wildman–Crippen LogP) is 2.95. The summed E-state index contributed by atoms with van der Waals surface area (Å²) in [4.78, 5) is 10.8. The molecule has 0 unspecified atom stereocenters. The Bertz CT molecular complexity index is 339. The smallest absolute Gasteiger partial charge is 0.360 e. The summed E-state index contributed by atoms with van der Waals surface area (Å²) in [5.41, 5.74) is 0.496. The normalized spacial score (nSPS) is 7.95. The van der Waals surface area contributed by atoms with E-state index in [0.717, 1.165) is 0 Å². The fraction of sp³-hybridized carbons (Fsp3) is 0.500. The first kappa shape index (κ1) is 38.8. The van der Waals surface area contributed by atoms with Gasteiger partial charge >= 0.3 is 42.1 Å². The number of rotatable bonds is 2. The molecule has 0 fully saturated rings. The molecule has 1 aromatic heterocycles. The Balaban J connectivity index is -0.0000000449. The first-order chi connectivity index (χ1) is 8.31. The average molecular weight is 987 g/mol. The van der Waals surface area contributed by atoms with Crippen LogP contribution in [0.1, 0.15) is 39.8 Å². The Hall–Kier alpha value is 1.43. The van der Waals surface area contributed by atoms with Crippen molar-refractivity contribution in [1.29, 1.82) is 0 Å². The predicted molar refractivity (Wildman–Crippen MR) is 75.3 cm³/mol. The molecule has 126 valence electrons. The van der Waals surface area contributed by atoms with Crippen LogP contribution in [0.25, 0.3) is 0 Å². The van der Waals surface area contributed by atoms with Crippen LogP contribution in [0.3, 0.4) is 0 Å². The van der Waals surface area contributed by atoms with Crippen molar-refractivity contribution in [2.24, 2.45) is 5.41 Å². The van der Waals surface area contributed by atoms with Gasteiger partial charge in [0.25, 0.3) is 0 Å². The summed E-state index contributed by atoms with van der Waals surface area (Å²) < 4.78 is 1.63. The molecule has 0 aliphatic carbocycles. The van der Waals surface area contributed by atoms with Crippen molar-refractivity contribution in [3.8, 4) is 0 Å². The van der Waals surface area contributed by atoms with E-state index < -0.39 is 0 Å². The molecular formula is C14H25N3OW4. The summed E-state index contributed by atoms with van der Waals surface area (Å²) in [5, 5.41) is 7.33. The molecule has 0 atom stereocenters. The first-order valence-electron chi connectivity index (χ1n) is 5.86. The Morgan fingerprint density at radius 2 is 1.59 bits per heavy atom. The van der Waals surface area contributed by atoms with Gasteiger partial charge < -0.3 is 30.2 Å². The Morgan fingerprint density at radius 3 is 1.68 bits per heavy atom. The number of ketones is 1. The van der Waals surface area contributed by atoms with Gasteiger partial charge in [0.2, 0.25) is 0 Å². The number of Topliss-reactive ketones (excluding diaryl/α,β-unsaturated/α-hetero) is 1. The maximum Gasteiger partial charge on any atom is 2.00 e. The summed E-state index contributed by atoms with van der Waals surface area (Å²) >= 11 is 0. The number of carbonyl (C=O) groups is 1. The molecule has 4 nitrogen and oxygen atoms in total. The minimum atomic E-state index is -0.193. The minimum absolute atomic E-state index is 0. The van der Waals surface area contributed by atoms with E-state index >= 15 is 0 Å². The summed E-state index contributed by atoms with van der Waals surface area (Å²) in [6, 6.07) is 0. The van der Waals surface area contributed by atoms with Crippen LogP contribution < -0.4 is 0 Å². The molecule has 22 heavy (non-hydrogen) atoms. The number of carbonyl (C=O) groups excluding carboxylic acids is 1. The summed E-state index contributed by atoms with van der Waals surface area (Å²) in [6.45, 7) is 22.0. The van der Waals surface area contributed by atoms with Gasteiger partial charge in [-0.1, -0.05) is 37.9 Å². The van der Waals surface area contributed by atoms with Crippen LogP contribution in [-0.4, -0.2) is 20.8 Å². The molecule has 0 aromatic carbocycles. The van der Waals surface area contributed by atoms with Gasteiger partial charge in [0.15, 0.2) is 0 Å². The van der Waals surface area contributed by atoms with E-state index in [1.54, 1.807) is 17.8 Å². The molecule has 1 aromatic rings. The second-order valence-electron chi connectivity index (χ2n) is 4.40. The van der Waals surface area contributed by atoms with Crippen molar-refractivity contribution in [3.63, 3.8) is 0 Å². The van der Waals surface area contributed by atoms with E-state index in [1.165, 1.54) is 0 Å². The fourth-order valence-electron chi connectivity index (χ4n) is 0.823. The first-order valence-corrected chi connectivity index (χ1v) is 5.86. The van der Waals surface area contributed by atoms with Gasteiger partial charge in [0, 0.05) is 47.5 Å². The van der Waals surface area contributed by atoms with Crippen LogP contribution in [0.4, 0.5) is 0 Å². The quantitative estimate of drug-likeness (QED) is 0.429. The second-order valence-corrected chi connectivity index (χ2v) is 4.40. The Labute approximate surface area is 193 Å². The van der Waals surface area contributed by atoms with Gasteiger partial charge in [-0.15, -0.1) is 13.0 Å². The molecule has 0 amide bonds. The molecule has 0 aliphatic heterocycles. The summed E-state index contributed by atoms with van der Waals surface area (Å²) in [6.07, 6.45) is 2.15. The van der Waals surface area contributed by atoms with Gasteiger partial charge in [-0.25, -0.2) is 6.92 Å². The third kappa shape index (κ3) is 21.4. The van der Waals surface area contributed by atoms with E-state index in [-0.39, 0.29) is 95.5 Å². The van der Waals surface area contributed by atoms with Crippen LogP contribution in [0.15, 0.2) is 6.20 Å². The summed E-state index contributed by atoms with van der Waals surface area (Å²) in [5.74, 6) is 0.220. The molecule has 0 radical (unpaired) electrons. The van der Waals surface area contributed by atoms with E-state index in [9.17, 15) is 4.79 Å². The molecule has 0 saturated carbocycles. The van der Waals surface area contributed by atoms with Crippen LogP contribution >= 0.6 is 0 Å². The second kappa shape index (κ2) is 22.4. The SMILES string of the molecule is [CH2-]C.[CH2-]CC(=O)C(C)(C)C.[CH2-]Cn1cc([CH2-])nn1.[W+2].[W+2].[W].[W]. The molecule has 0 bridgehead atoms. The fourth-order valence-corrected chi connectivity index (χ4v) is 0.823. The van der Waals surface area contributed by atoms with Crippen molar-refractivity contribution in [2.45, 2.75) is 40.7 Å². The van der Waals surface area contributed by atoms with Gasteiger partial charge in [-0.3, -0.25) is 0 Å². The van der Waals surface area contributed by atoms with Crippen LogP contribution in [0, 0.1) is 33.1 Å². The topological polar surface area (TPSA) is 47.8 Å². The third-order valence-electron chi connectivity index (χ3n) is 1.88. The molecule has 8 heteroatoms. The number of nitrogens with zero attached hydrogens (tertiary/aromatic N) is 3. The van der Waals surface area contributed by atoms with E-state index in [2.05, 4.69) is 38.0 Å². The number of hydrogen-bond acceptors (Lipinski definition) is 3. The van der Waals surface area contributed by atoms with Crippen molar-refractivity contribution < 1.29 is 89.1 Å². The largest absolute Gasteiger partial charge is 2.00 e. The Morgan fingerprint density at radius 1 is 1.18 bits per heavy atom. The molecule has 0 aliphatic rings. The molecule has 0 N–H and O–H groups in total. The van der Waals surface area contributed by atoms with Crippen molar-refractivity contribution in [2.75, 3.05) is 0 Å². The third-order valence-corrected chi connectivity index (χ3v) is 1.88. The average Bonchev–Trinajstić information content (AvgIpc) is 2.76. The zero-order chi connectivity index (χ0) is 14.8. The van der Waals surface area contributed by atoms with Crippen LogP contribution in [0.5, 0.6) is 0 Å². The zero-order valence-corrected chi connectivity index (χ0v) is 25.4. The van der Waals surface area contributed by atoms with E-state index in [0.29, 0.717) is 18.7 Å². The van der Waals surface area contributed by atoms with Gasteiger partial charge in [0.1, 0.15) is 5.78 Å². The van der Waals surface area contributed by atoms with Crippen molar-refractivity contribution in [3.05, 3.63) is 39.6 Å². The zero-order valence-electron chi connectivity index (χ0n) is 13.7. The number of hydrogen-bond donors (Lipinski definition) is 0. The molecule has 0 spiro atoms. The van der Waals surface area contributed by atoms with E-state index in [1.807, 2.05) is 20.8 Å². The molecule has 0 saturated heterocycles. The van der Waals surface area contributed by atoms with Crippen LogP contribution in [0.2, 0.25) is 0 Å². The summed E-state index contributed by atoms with van der Waals surface area (Å²) in [7, 11) is 0. The standard InChI is InChI=1S/C7H13O.C5H7N3.C2H5.4W/c1-5-6(8)7(2,3)4;1-3-8-4-5(2)6-7-8;1-2;;;;/h1,5H2,2-4H3;4H,1-3H2;1H2,2H3;;;;/q-1;-2;-1;;;2*+2. The minimum Gasteiger partial charge on any atom is -0.360 e. The maximum absolute atomic E-state index is 10.8. The van der Waals surface area contributed by atoms with Crippen molar-refractivity contribution in [1.82, 2.24) is 15.0 Å². The monoisotopic (exact) mass is 987 g/mol. The van der Waals surface area contributed by atoms with E-state index in [4.69, 9.17) is 0 Å². The van der Waals surface area contributed by atoms with Gasteiger partial charge in [0.05, 0.1) is 0 Å². The van der Waals surface area contributed by atoms with Gasteiger partial charge in [-0.05, 0) is 0 Å². The number of aromatic nitrogens is 3. The van der Waals surface area contributed by atoms with Gasteiger partial charge in [-0.2, -0.15) is 12.0 Å². The molecule has 1 heterocycles. The Kier molecular flexibility index (Phi) is 39.6. The molecule has 1 rings (SSSR count). The van der Waals surface area contributed by atoms with Crippen molar-refractivity contribution >= 4 is 5.78 Å². The maximum atomic E-state index is 10.8. The van der Waals surface area contributed by atoms with Crippen LogP contribution in [-0.2, 0) is 95.6 Å². The molecular weight excluding hydrogens is 962 g/mol.